The van der Waals surface area contributed by atoms with E-state index in [2.05, 4.69) is 6.92 Å². The van der Waals surface area contributed by atoms with Crippen molar-refractivity contribution in [2.24, 2.45) is 0 Å². The average molecular weight is 407 g/mol. The van der Waals surface area contributed by atoms with Gasteiger partial charge in [0.2, 0.25) is 0 Å². The Morgan fingerprint density at radius 1 is 0.967 bits per heavy atom. The van der Waals surface area contributed by atoms with Crippen LogP contribution >= 0.6 is 0 Å². The van der Waals surface area contributed by atoms with Crippen LogP contribution in [0.25, 0.3) is 0 Å². The van der Waals surface area contributed by atoms with E-state index in [4.69, 9.17) is 0 Å². The van der Waals surface area contributed by atoms with Crippen molar-refractivity contribution in [1.82, 2.24) is 4.90 Å². The zero-order valence-electron chi connectivity index (χ0n) is 18.4. The number of hydrogen-bond donors (Lipinski definition) is 1. The summed E-state index contributed by atoms with van der Waals surface area (Å²) in [4.78, 5) is 31.4. The summed E-state index contributed by atoms with van der Waals surface area (Å²) in [5.74, 6) is -0.454. The fourth-order valence-corrected chi connectivity index (χ4v) is 5.19. The lowest BCUT2D eigenvalue weighted by Crippen LogP contribution is -2.69. The highest BCUT2D eigenvalue weighted by molar-refractivity contribution is 6.14. The van der Waals surface area contributed by atoms with E-state index in [1.165, 1.54) is 0 Å². The maximum absolute atomic E-state index is 14.3. The largest absolute Gasteiger partial charge is 0.382 e. The van der Waals surface area contributed by atoms with Gasteiger partial charge in [0.05, 0.1) is 5.69 Å². The Bertz CT molecular complexity index is 1020. The first-order chi connectivity index (χ1) is 14.1. The van der Waals surface area contributed by atoms with E-state index in [1.807, 2.05) is 51.1 Å². The fourth-order valence-electron chi connectivity index (χ4n) is 5.19. The Labute approximate surface area is 178 Å². The van der Waals surface area contributed by atoms with Gasteiger partial charge in [-0.1, -0.05) is 49.7 Å². The molecule has 0 saturated heterocycles. The van der Waals surface area contributed by atoms with Crippen molar-refractivity contribution in [1.29, 1.82) is 0 Å². The number of nitrogens with zero attached hydrogens (tertiary/aromatic N) is 2. The van der Waals surface area contributed by atoms with Crippen LogP contribution in [0.4, 0.5) is 5.69 Å². The van der Waals surface area contributed by atoms with Crippen molar-refractivity contribution in [2.45, 2.75) is 64.1 Å². The summed E-state index contributed by atoms with van der Waals surface area (Å²) in [5, 5.41) is 12.1. The molecule has 158 valence electrons. The zero-order chi connectivity index (χ0) is 21.9. The number of unbranched alkanes of at least 4 members (excludes halogenated alkanes) is 1. The Kier molecular flexibility index (Phi) is 4.58. The average Bonchev–Trinajstić information content (AvgIpc) is 2.97. The summed E-state index contributed by atoms with van der Waals surface area (Å²) < 4.78 is 0. The van der Waals surface area contributed by atoms with E-state index >= 15 is 0 Å². The maximum Gasteiger partial charge on any atom is 0.261 e. The third-order valence-corrected chi connectivity index (χ3v) is 6.49. The number of benzene rings is 2. The molecule has 1 N–H and O–H groups in total. The number of para-hydroxylation sites is 1. The molecule has 0 aromatic heterocycles. The van der Waals surface area contributed by atoms with Gasteiger partial charge in [0.25, 0.3) is 11.8 Å². The van der Waals surface area contributed by atoms with Gasteiger partial charge in [0.1, 0.15) is 5.60 Å². The van der Waals surface area contributed by atoms with Crippen LogP contribution < -0.4 is 4.90 Å². The second-order valence-electron chi connectivity index (χ2n) is 9.47. The Morgan fingerprint density at radius 3 is 2.20 bits per heavy atom. The van der Waals surface area contributed by atoms with Crippen molar-refractivity contribution < 1.29 is 14.7 Å². The van der Waals surface area contributed by atoms with Crippen LogP contribution in [0.3, 0.4) is 0 Å². The topological polar surface area (TPSA) is 60.9 Å². The first kappa shape index (κ1) is 20.6. The van der Waals surface area contributed by atoms with Gasteiger partial charge in [-0.3, -0.25) is 9.59 Å². The number of carbonyl (C=O) groups is 2. The second kappa shape index (κ2) is 6.67. The van der Waals surface area contributed by atoms with E-state index < -0.39 is 16.7 Å². The van der Waals surface area contributed by atoms with Crippen molar-refractivity contribution >= 4 is 17.5 Å². The van der Waals surface area contributed by atoms with Gasteiger partial charge in [-0.05, 0) is 51.8 Å². The van der Waals surface area contributed by atoms with Crippen LogP contribution in [0.2, 0.25) is 0 Å². The molecule has 0 radical (unpaired) electrons. The van der Waals surface area contributed by atoms with Crippen molar-refractivity contribution in [3.8, 4) is 0 Å². The lowest BCUT2D eigenvalue weighted by molar-refractivity contribution is -0.153. The quantitative estimate of drug-likeness (QED) is 0.831. The molecule has 1 unspecified atom stereocenters. The Balaban J connectivity index is 2.10. The van der Waals surface area contributed by atoms with Gasteiger partial charge in [0, 0.05) is 23.2 Å². The minimum absolute atomic E-state index is 0.204. The van der Waals surface area contributed by atoms with Crippen LogP contribution in [-0.4, -0.2) is 33.9 Å². The van der Waals surface area contributed by atoms with E-state index in [-0.39, 0.29) is 11.8 Å². The summed E-state index contributed by atoms with van der Waals surface area (Å²) >= 11 is 0. The van der Waals surface area contributed by atoms with E-state index in [1.54, 1.807) is 34.9 Å². The minimum Gasteiger partial charge on any atom is -0.382 e. The molecule has 2 amide bonds. The second-order valence-corrected chi connectivity index (χ2v) is 9.47. The zero-order valence-corrected chi connectivity index (χ0v) is 18.4. The number of amides is 2. The molecule has 0 saturated carbocycles. The predicted octanol–water partition coefficient (Wildman–Crippen LogP) is 4.19. The monoisotopic (exact) mass is 406 g/mol. The number of aliphatic hydroxyl groups is 1. The van der Waals surface area contributed by atoms with E-state index in [0.717, 1.165) is 18.5 Å². The molecular weight excluding hydrogens is 376 g/mol. The molecule has 2 heterocycles. The molecule has 2 aromatic rings. The minimum atomic E-state index is -1.58. The highest BCUT2D eigenvalue weighted by Gasteiger charge is 2.69. The Morgan fingerprint density at radius 2 is 1.57 bits per heavy atom. The molecule has 2 atom stereocenters. The predicted molar refractivity (Wildman–Crippen MR) is 117 cm³/mol. The van der Waals surface area contributed by atoms with Crippen LogP contribution in [0.5, 0.6) is 0 Å². The van der Waals surface area contributed by atoms with E-state index in [0.29, 0.717) is 23.2 Å². The lowest BCUT2D eigenvalue weighted by Gasteiger charge is -2.53. The standard InChI is InChI=1S/C25H30N2O3/c1-6-7-16-26-21(28)17-12-8-9-13-18(17)24(5,30)25(26)19-14-10-11-15-20(19)27(22(25)29)23(2,3)4/h8-15,30H,6-7,16H2,1-5H3/t24-,25?/m0/s1. The summed E-state index contributed by atoms with van der Waals surface area (Å²) in [6.07, 6.45) is 1.62. The summed E-state index contributed by atoms with van der Waals surface area (Å²) in [5.41, 5.74) is -1.19. The van der Waals surface area contributed by atoms with Crippen LogP contribution in [0.1, 0.15) is 68.9 Å². The normalized spacial score (nSPS) is 25.7. The summed E-state index contributed by atoms with van der Waals surface area (Å²) in [7, 11) is 0. The summed E-state index contributed by atoms with van der Waals surface area (Å²) in [6.45, 7) is 10.1. The molecule has 5 nitrogen and oxygen atoms in total. The molecule has 1 spiro atoms. The third kappa shape index (κ3) is 2.45. The lowest BCUT2D eigenvalue weighted by atomic mass is 9.67. The van der Waals surface area contributed by atoms with Gasteiger partial charge in [-0.2, -0.15) is 0 Å². The first-order valence-electron chi connectivity index (χ1n) is 10.7. The molecule has 0 aliphatic carbocycles. The number of fused-ring (bicyclic) bond motifs is 3. The number of anilines is 1. The summed E-state index contributed by atoms with van der Waals surface area (Å²) in [6, 6.07) is 14.7. The molecule has 2 aliphatic rings. The van der Waals surface area contributed by atoms with Crippen molar-refractivity contribution in [3.05, 3.63) is 65.2 Å². The Hall–Kier alpha value is -2.66. The van der Waals surface area contributed by atoms with Crippen LogP contribution in [-0.2, 0) is 15.9 Å². The van der Waals surface area contributed by atoms with Crippen LogP contribution in [0.15, 0.2) is 48.5 Å². The fraction of sp³-hybridized carbons (Fsp3) is 0.440. The molecule has 0 fully saturated rings. The molecule has 2 aromatic carbocycles. The van der Waals surface area contributed by atoms with Crippen molar-refractivity contribution in [2.75, 3.05) is 11.4 Å². The van der Waals surface area contributed by atoms with Gasteiger partial charge >= 0.3 is 0 Å². The number of hydrogen-bond acceptors (Lipinski definition) is 3. The smallest absolute Gasteiger partial charge is 0.261 e. The molecule has 2 aliphatic heterocycles. The highest BCUT2D eigenvalue weighted by Crippen LogP contribution is 2.58. The van der Waals surface area contributed by atoms with Crippen molar-refractivity contribution in [3.63, 3.8) is 0 Å². The molecule has 5 heteroatoms. The molecule has 30 heavy (non-hydrogen) atoms. The van der Waals surface area contributed by atoms with Gasteiger partial charge in [-0.15, -0.1) is 0 Å². The molecule has 4 rings (SSSR count). The van der Waals surface area contributed by atoms with Crippen LogP contribution in [0, 0.1) is 0 Å². The maximum atomic E-state index is 14.3. The molecular formula is C25H30N2O3. The number of carbonyl (C=O) groups excluding carboxylic acids is 2. The highest BCUT2D eigenvalue weighted by atomic mass is 16.3. The first-order valence-corrected chi connectivity index (χ1v) is 10.7. The number of rotatable bonds is 3. The van der Waals surface area contributed by atoms with Gasteiger partial charge in [0.15, 0.2) is 5.54 Å². The molecule has 0 bridgehead atoms. The SMILES string of the molecule is CCCCN1C(=O)c2ccccc2[C@](C)(O)C12C(=O)N(C(C)(C)C)c1ccccc12. The third-order valence-electron chi connectivity index (χ3n) is 6.49. The van der Waals surface area contributed by atoms with E-state index in [9.17, 15) is 14.7 Å². The van der Waals surface area contributed by atoms with Gasteiger partial charge in [-0.25, -0.2) is 0 Å². The van der Waals surface area contributed by atoms with Gasteiger partial charge < -0.3 is 14.9 Å².